The number of nitrogens with one attached hydrogen (secondary N) is 1. The molecule has 1 aliphatic heterocycles. The van der Waals surface area contributed by atoms with Crippen molar-refractivity contribution in [3.63, 3.8) is 0 Å². The Morgan fingerprint density at radius 2 is 1.48 bits per heavy atom. The van der Waals surface area contributed by atoms with Crippen molar-refractivity contribution in [3.8, 4) is 0 Å². The van der Waals surface area contributed by atoms with Gasteiger partial charge in [0.2, 0.25) is 5.91 Å². The first-order chi connectivity index (χ1) is 13.9. The molecular weight excluding hydrogens is 366 g/mol. The van der Waals surface area contributed by atoms with Crippen molar-refractivity contribution in [1.29, 1.82) is 0 Å². The van der Waals surface area contributed by atoms with Crippen molar-refractivity contribution in [1.82, 2.24) is 9.80 Å². The van der Waals surface area contributed by atoms with Gasteiger partial charge < -0.3 is 15.1 Å². The molecule has 0 atom stereocenters. The zero-order chi connectivity index (χ0) is 21.0. The summed E-state index contributed by atoms with van der Waals surface area (Å²) < 4.78 is 0. The minimum absolute atomic E-state index is 0.0254. The Kier molecular flexibility index (Phi) is 6.32. The number of nitrogens with zero attached hydrogens (tertiary/aromatic N) is 2. The van der Waals surface area contributed by atoms with Gasteiger partial charge in [-0.05, 0) is 35.7 Å². The van der Waals surface area contributed by atoms with Crippen molar-refractivity contribution >= 4 is 23.4 Å². The topological polar surface area (TPSA) is 69.7 Å². The molecule has 29 heavy (non-hydrogen) atoms. The summed E-state index contributed by atoms with van der Waals surface area (Å²) in [6, 6.07) is 14.5. The van der Waals surface area contributed by atoms with Crippen LogP contribution < -0.4 is 5.32 Å². The number of hydrogen-bond acceptors (Lipinski definition) is 3. The molecule has 2 aromatic carbocycles. The number of carbonyl (C=O) groups excluding carboxylic acids is 3. The van der Waals surface area contributed by atoms with E-state index in [0.717, 1.165) is 11.3 Å². The van der Waals surface area contributed by atoms with Gasteiger partial charge in [0.1, 0.15) is 0 Å². The molecule has 3 amide bonds. The molecule has 1 N–H and O–H groups in total. The molecule has 0 aromatic heterocycles. The third-order valence-electron chi connectivity index (χ3n) is 5.21. The molecule has 152 valence electrons. The highest BCUT2D eigenvalue weighted by Gasteiger charge is 2.23. The maximum absolute atomic E-state index is 12.8. The molecule has 3 rings (SSSR count). The summed E-state index contributed by atoms with van der Waals surface area (Å²) in [5, 5.41) is 2.96. The minimum atomic E-state index is -0.242. The van der Waals surface area contributed by atoms with Crippen LogP contribution in [0.4, 0.5) is 5.69 Å². The maximum atomic E-state index is 12.8. The van der Waals surface area contributed by atoms with Crippen LogP contribution in [0.15, 0.2) is 48.5 Å². The predicted octanol–water partition coefficient (Wildman–Crippen LogP) is 3.37. The van der Waals surface area contributed by atoms with E-state index < -0.39 is 0 Å². The van der Waals surface area contributed by atoms with Gasteiger partial charge in [0.05, 0.1) is 0 Å². The fourth-order valence-electron chi connectivity index (χ4n) is 3.51. The molecule has 0 unspecified atom stereocenters. The summed E-state index contributed by atoms with van der Waals surface area (Å²) in [7, 11) is 0. The second-order valence-corrected chi connectivity index (χ2v) is 7.58. The standard InChI is InChI=1S/C23H27N3O3/c1-16(2)20-9-4-5-10-21(20)24-22(28)18-7-6-8-19(15-18)23(29)26-13-11-25(12-14-26)17(3)27/h4-10,15-16H,11-14H2,1-3H3,(H,24,28). The lowest BCUT2D eigenvalue weighted by atomic mass is 10.0. The molecule has 1 aliphatic rings. The average Bonchev–Trinajstić information content (AvgIpc) is 2.73. The lowest BCUT2D eigenvalue weighted by Gasteiger charge is -2.34. The first-order valence-electron chi connectivity index (χ1n) is 9.92. The van der Waals surface area contributed by atoms with Crippen molar-refractivity contribution in [2.75, 3.05) is 31.5 Å². The monoisotopic (exact) mass is 393 g/mol. The Bertz CT molecular complexity index is 915. The van der Waals surface area contributed by atoms with Crippen LogP contribution in [-0.2, 0) is 4.79 Å². The van der Waals surface area contributed by atoms with Gasteiger partial charge in [0, 0.05) is 49.9 Å². The van der Waals surface area contributed by atoms with E-state index in [4.69, 9.17) is 0 Å². The molecule has 1 saturated heterocycles. The summed E-state index contributed by atoms with van der Waals surface area (Å²) in [5.41, 5.74) is 2.77. The second-order valence-electron chi connectivity index (χ2n) is 7.58. The van der Waals surface area contributed by atoms with E-state index in [1.807, 2.05) is 24.3 Å². The Labute approximate surface area is 171 Å². The number of rotatable bonds is 4. The van der Waals surface area contributed by atoms with E-state index in [-0.39, 0.29) is 23.6 Å². The molecule has 0 aliphatic carbocycles. The van der Waals surface area contributed by atoms with Gasteiger partial charge in [0.25, 0.3) is 11.8 Å². The van der Waals surface area contributed by atoms with Crippen LogP contribution in [0.3, 0.4) is 0 Å². The molecule has 1 fully saturated rings. The normalized spacial score (nSPS) is 14.1. The minimum Gasteiger partial charge on any atom is -0.339 e. The lowest BCUT2D eigenvalue weighted by molar-refractivity contribution is -0.130. The van der Waals surface area contributed by atoms with Crippen LogP contribution in [0.1, 0.15) is 53.0 Å². The van der Waals surface area contributed by atoms with E-state index in [1.165, 1.54) is 6.92 Å². The largest absolute Gasteiger partial charge is 0.339 e. The van der Waals surface area contributed by atoms with Crippen LogP contribution in [-0.4, -0.2) is 53.7 Å². The zero-order valence-corrected chi connectivity index (χ0v) is 17.1. The van der Waals surface area contributed by atoms with Gasteiger partial charge in [0.15, 0.2) is 0 Å². The fourth-order valence-corrected chi connectivity index (χ4v) is 3.51. The fraction of sp³-hybridized carbons (Fsp3) is 0.348. The molecule has 0 radical (unpaired) electrons. The van der Waals surface area contributed by atoms with E-state index in [2.05, 4.69) is 19.2 Å². The smallest absolute Gasteiger partial charge is 0.255 e. The van der Waals surface area contributed by atoms with Gasteiger partial charge in [-0.1, -0.05) is 38.1 Å². The Balaban J connectivity index is 1.72. The highest BCUT2D eigenvalue weighted by molar-refractivity contribution is 6.06. The van der Waals surface area contributed by atoms with Crippen LogP contribution in [0.2, 0.25) is 0 Å². The summed E-state index contributed by atoms with van der Waals surface area (Å²) in [4.78, 5) is 40.5. The van der Waals surface area contributed by atoms with Crippen LogP contribution >= 0.6 is 0 Å². The average molecular weight is 393 g/mol. The van der Waals surface area contributed by atoms with E-state index in [0.29, 0.717) is 37.3 Å². The Morgan fingerprint density at radius 3 is 2.14 bits per heavy atom. The highest BCUT2D eigenvalue weighted by atomic mass is 16.2. The van der Waals surface area contributed by atoms with Crippen molar-refractivity contribution in [3.05, 3.63) is 65.2 Å². The van der Waals surface area contributed by atoms with E-state index in [9.17, 15) is 14.4 Å². The molecule has 0 saturated carbocycles. The third kappa shape index (κ3) is 4.83. The number of piperazine rings is 1. The maximum Gasteiger partial charge on any atom is 0.255 e. The summed E-state index contributed by atoms with van der Waals surface area (Å²) in [5.74, 6) is -0.0508. The number of benzene rings is 2. The first-order valence-corrected chi connectivity index (χ1v) is 9.92. The van der Waals surface area contributed by atoms with Crippen molar-refractivity contribution < 1.29 is 14.4 Å². The van der Waals surface area contributed by atoms with Gasteiger partial charge in [-0.2, -0.15) is 0 Å². The first kappa shape index (κ1) is 20.6. The van der Waals surface area contributed by atoms with Crippen LogP contribution in [0.5, 0.6) is 0 Å². The number of hydrogen-bond donors (Lipinski definition) is 1. The lowest BCUT2D eigenvalue weighted by Crippen LogP contribution is -2.50. The highest BCUT2D eigenvalue weighted by Crippen LogP contribution is 2.24. The van der Waals surface area contributed by atoms with E-state index in [1.54, 1.807) is 34.1 Å². The van der Waals surface area contributed by atoms with Crippen LogP contribution in [0.25, 0.3) is 0 Å². The van der Waals surface area contributed by atoms with Crippen molar-refractivity contribution in [2.45, 2.75) is 26.7 Å². The molecule has 0 spiro atoms. The summed E-state index contributed by atoms with van der Waals surface area (Å²) >= 11 is 0. The molecule has 6 heteroatoms. The van der Waals surface area contributed by atoms with Crippen molar-refractivity contribution in [2.24, 2.45) is 0 Å². The SMILES string of the molecule is CC(=O)N1CCN(C(=O)c2cccc(C(=O)Nc3ccccc3C(C)C)c2)CC1. The van der Waals surface area contributed by atoms with Gasteiger partial charge in [-0.15, -0.1) is 0 Å². The molecule has 0 bridgehead atoms. The molecule has 2 aromatic rings. The van der Waals surface area contributed by atoms with E-state index >= 15 is 0 Å². The number of carbonyl (C=O) groups is 3. The Morgan fingerprint density at radius 1 is 0.862 bits per heavy atom. The number of amides is 3. The second kappa shape index (κ2) is 8.90. The molecule has 6 nitrogen and oxygen atoms in total. The summed E-state index contributed by atoms with van der Waals surface area (Å²) in [6.45, 7) is 7.76. The van der Waals surface area contributed by atoms with Gasteiger partial charge in [-0.3, -0.25) is 14.4 Å². The molecular formula is C23H27N3O3. The third-order valence-corrected chi connectivity index (χ3v) is 5.21. The quantitative estimate of drug-likeness (QED) is 0.866. The number of anilines is 1. The summed E-state index contributed by atoms with van der Waals surface area (Å²) in [6.07, 6.45) is 0. The predicted molar refractivity (Wildman–Crippen MR) is 113 cm³/mol. The zero-order valence-electron chi connectivity index (χ0n) is 17.1. The number of para-hydroxylation sites is 1. The molecule has 1 heterocycles. The van der Waals surface area contributed by atoms with Gasteiger partial charge >= 0.3 is 0 Å². The van der Waals surface area contributed by atoms with Crippen LogP contribution in [0, 0.1) is 0 Å². The Hall–Kier alpha value is -3.15. The van der Waals surface area contributed by atoms with Gasteiger partial charge in [-0.25, -0.2) is 0 Å².